The minimum atomic E-state index is 1.18. The van der Waals surface area contributed by atoms with Gasteiger partial charge in [0.15, 0.2) is 0 Å². The fourth-order valence-corrected chi connectivity index (χ4v) is 1.32. The van der Waals surface area contributed by atoms with Gasteiger partial charge in [-0.3, -0.25) is 0 Å². The molecule has 0 radical (unpaired) electrons. The molecule has 0 saturated carbocycles. The molecule has 0 aliphatic carbocycles. The van der Waals surface area contributed by atoms with E-state index in [0.717, 1.165) is 0 Å². The summed E-state index contributed by atoms with van der Waals surface area (Å²) in [5.74, 6) is 0. The van der Waals surface area contributed by atoms with E-state index in [1.807, 2.05) is 13.8 Å². The lowest BCUT2D eigenvalue weighted by atomic mass is 10.3. The lowest BCUT2D eigenvalue weighted by molar-refractivity contribution is 0.238. The van der Waals surface area contributed by atoms with Gasteiger partial charge in [0.25, 0.3) is 0 Å². The number of nitrogens with two attached hydrogens (primary N) is 1. The van der Waals surface area contributed by atoms with Crippen molar-refractivity contribution in [1.29, 1.82) is 0 Å². The van der Waals surface area contributed by atoms with E-state index >= 15 is 0 Å². The Morgan fingerprint density at radius 1 is 1.14 bits per heavy atom. The summed E-state index contributed by atoms with van der Waals surface area (Å²) in [6.07, 6.45) is 2.68. The van der Waals surface area contributed by atoms with Crippen molar-refractivity contribution in [1.82, 2.24) is 10.2 Å². The molecule has 1 fully saturated rings. The lowest BCUT2D eigenvalue weighted by Gasteiger charge is -2.26. The summed E-state index contributed by atoms with van der Waals surface area (Å²) in [4.78, 5) is 2.54. The van der Waals surface area contributed by atoms with E-state index in [1.54, 1.807) is 0 Å². The smallest absolute Gasteiger partial charge is 0.0107 e. The van der Waals surface area contributed by atoms with Gasteiger partial charge in [-0.2, -0.15) is 0 Å². The van der Waals surface area contributed by atoms with Gasteiger partial charge in [0.1, 0.15) is 0 Å². The maximum atomic E-state index is 4.50. The predicted octanol–water partition coefficient (Wildman–Crippen LogP) is 1.29. The van der Waals surface area contributed by atoms with E-state index < -0.39 is 0 Å². The fraction of sp³-hybridized carbons (Fsp3) is 1.00. The first-order valence-corrected chi connectivity index (χ1v) is 5.94. The van der Waals surface area contributed by atoms with Crippen LogP contribution in [0.5, 0.6) is 0 Å². The zero-order valence-corrected chi connectivity index (χ0v) is 10.5. The van der Waals surface area contributed by atoms with Crippen LogP contribution in [0.3, 0.4) is 0 Å². The Balaban J connectivity index is 0. The predicted molar refractivity (Wildman–Crippen MR) is 65.7 cm³/mol. The molecule has 1 saturated heterocycles. The average molecular weight is 203 g/mol. The number of hydrogen-bond acceptors (Lipinski definition) is 3. The van der Waals surface area contributed by atoms with Crippen molar-refractivity contribution in [3.05, 3.63) is 0 Å². The van der Waals surface area contributed by atoms with Crippen LogP contribution in [0, 0.1) is 0 Å². The fourth-order valence-electron chi connectivity index (χ4n) is 1.32. The van der Waals surface area contributed by atoms with Crippen molar-refractivity contribution in [3.8, 4) is 0 Å². The zero-order chi connectivity index (χ0) is 11.2. The molecule has 1 heterocycles. The zero-order valence-electron chi connectivity index (χ0n) is 10.5. The van der Waals surface area contributed by atoms with Crippen LogP contribution in [-0.2, 0) is 0 Å². The van der Waals surface area contributed by atoms with Gasteiger partial charge in [0, 0.05) is 26.2 Å². The topological polar surface area (TPSA) is 41.3 Å². The summed E-state index contributed by atoms with van der Waals surface area (Å²) in [6, 6.07) is 0. The van der Waals surface area contributed by atoms with E-state index in [9.17, 15) is 0 Å². The Morgan fingerprint density at radius 2 is 1.64 bits per heavy atom. The van der Waals surface area contributed by atoms with E-state index in [1.165, 1.54) is 52.6 Å². The van der Waals surface area contributed by atoms with Crippen LogP contribution in [0.25, 0.3) is 0 Å². The van der Waals surface area contributed by atoms with Crippen LogP contribution in [0.2, 0.25) is 0 Å². The van der Waals surface area contributed by atoms with Crippen molar-refractivity contribution in [2.45, 2.75) is 33.6 Å². The summed E-state index contributed by atoms with van der Waals surface area (Å²) >= 11 is 0. The molecule has 0 spiro atoms. The molecule has 1 aliphatic rings. The Morgan fingerprint density at radius 3 is 2.07 bits per heavy atom. The molecule has 0 amide bonds. The van der Waals surface area contributed by atoms with Gasteiger partial charge in [-0.05, 0) is 20.0 Å². The number of nitrogens with one attached hydrogen (secondary N) is 1. The molecule has 3 N–H and O–H groups in total. The van der Waals surface area contributed by atoms with Crippen LogP contribution < -0.4 is 11.1 Å². The summed E-state index contributed by atoms with van der Waals surface area (Å²) in [6.45, 7) is 12.4. The molecule has 1 rings (SSSR count). The maximum Gasteiger partial charge on any atom is 0.0107 e. The number of hydrogen-bond donors (Lipinski definition) is 2. The monoisotopic (exact) mass is 203 g/mol. The first-order chi connectivity index (χ1) is 6.93. The van der Waals surface area contributed by atoms with Gasteiger partial charge in [-0.15, -0.1) is 0 Å². The highest BCUT2D eigenvalue weighted by Crippen LogP contribution is 1.95. The molecule has 0 unspecified atom stereocenters. The summed E-state index contributed by atoms with van der Waals surface area (Å²) in [5, 5.41) is 3.35. The van der Waals surface area contributed by atoms with Crippen LogP contribution in [0.15, 0.2) is 0 Å². The molecule has 88 valence electrons. The summed E-state index contributed by atoms with van der Waals surface area (Å²) in [5.41, 5.74) is 4.50. The van der Waals surface area contributed by atoms with Crippen molar-refractivity contribution < 1.29 is 0 Å². The van der Waals surface area contributed by atoms with E-state index in [2.05, 4.69) is 22.9 Å². The third kappa shape index (κ3) is 9.96. The first kappa shape index (κ1) is 16.3. The second-order valence-electron chi connectivity index (χ2n) is 2.95. The van der Waals surface area contributed by atoms with Crippen molar-refractivity contribution in [3.63, 3.8) is 0 Å². The van der Waals surface area contributed by atoms with Crippen LogP contribution in [0.1, 0.15) is 33.6 Å². The van der Waals surface area contributed by atoms with Gasteiger partial charge in [-0.25, -0.2) is 0 Å². The minimum Gasteiger partial charge on any atom is -0.333 e. The molecule has 14 heavy (non-hydrogen) atoms. The third-order valence-electron chi connectivity index (χ3n) is 2.04. The molecular weight excluding hydrogens is 174 g/mol. The molecule has 0 bridgehead atoms. The van der Waals surface area contributed by atoms with E-state index in [-0.39, 0.29) is 0 Å². The molecule has 0 aromatic carbocycles. The Hall–Kier alpha value is -0.120. The van der Waals surface area contributed by atoms with E-state index in [4.69, 9.17) is 0 Å². The van der Waals surface area contributed by atoms with Crippen LogP contribution >= 0.6 is 0 Å². The highest BCUT2D eigenvalue weighted by molar-refractivity contribution is 4.66. The Kier molecular flexibility index (Phi) is 17.9. The van der Waals surface area contributed by atoms with Crippen LogP contribution in [0.4, 0.5) is 0 Å². The number of rotatable bonds is 3. The lowest BCUT2D eigenvalue weighted by Crippen LogP contribution is -2.43. The van der Waals surface area contributed by atoms with Gasteiger partial charge in [0.2, 0.25) is 0 Å². The molecule has 0 aromatic heterocycles. The standard InChI is InChI=1S/C8H18N2.C2H6.CH5N/c1-2-3-6-10-7-4-9-5-8-10;2*1-2/h9H,2-8H2,1H3;1-2H3;2H2,1H3. The largest absolute Gasteiger partial charge is 0.333 e. The number of unbranched alkanes of at least 4 members (excludes halogenated alkanes) is 1. The molecule has 1 aliphatic heterocycles. The van der Waals surface area contributed by atoms with Crippen molar-refractivity contribution >= 4 is 0 Å². The normalized spacial score (nSPS) is 16.1. The molecular formula is C11H29N3. The maximum absolute atomic E-state index is 4.50. The van der Waals surface area contributed by atoms with Gasteiger partial charge in [0.05, 0.1) is 0 Å². The Labute approximate surface area is 90.0 Å². The van der Waals surface area contributed by atoms with E-state index in [0.29, 0.717) is 0 Å². The first-order valence-electron chi connectivity index (χ1n) is 5.94. The Bertz CT molecular complexity index is 80.6. The van der Waals surface area contributed by atoms with Gasteiger partial charge >= 0.3 is 0 Å². The molecule has 3 nitrogen and oxygen atoms in total. The summed E-state index contributed by atoms with van der Waals surface area (Å²) in [7, 11) is 1.50. The highest BCUT2D eigenvalue weighted by atomic mass is 15.2. The van der Waals surface area contributed by atoms with Gasteiger partial charge in [-0.1, -0.05) is 27.2 Å². The number of piperazine rings is 1. The quantitative estimate of drug-likeness (QED) is 0.726. The molecule has 0 atom stereocenters. The third-order valence-corrected chi connectivity index (χ3v) is 2.04. The molecule has 3 heteroatoms. The average Bonchev–Trinajstić information content (AvgIpc) is 2.33. The second kappa shape index (κ2) is 15.4. The van der Waals surface area contributed by atoms with Crippen molar-refractivity contribution in [2.24, 2.45) is 5.73 Å². The van der Waals surface area contributed by atoms with Gasteiger partial charge < -0.3 is 16.0 Å². The highest BCUT2D eigenvalue weighted by Gasteiger charge is 2.06. The molecule has 0 aromatic rings. The minimum absolute atomic E-state index is 1.18. The van der Waals surface area contributed by atoms with Crippen molar-refractivity contribution in [2.75, 3.05) is 39.8 Å². The van der Waals surface area contributed by atoms with Crippen LogP contribution in [-0.4, -0.2) is 44.7 Å². The second-order valence-corrected chi connectivity index (χ2v) is 2.95. The number of nitrogens with zero attached hydrogens (tertiary/aromatic N) is 1. The summed E-state index contributed by atoms with van der Waals surface area (Å²) < 4.78 is 0. The SMILES string of the molecule is CC.CCCCN1CCNCC1.CN.